The van der Waals surface area contributed by atoms with E-state index in [1.165, 1.54) is 30.6 Å². The van der Waals surface area contributed by atoms with Crippen molar-refractivity contribution in [2.75, 3.05) is 37.6 Å². The molecule has 0 N–H and O–H groups in total. The van der Waals surface area contributed by atoms with Crippen molar-refractivity contribution in [2.24, 2.45) is 0 Å². The highest BCUT2D eigenvalue weighted by molar-refractivity contribution is 6.30. The van der Waals surface area contributed by atoms with Crippen LogP contribution in [0, 0.1) is 0 Å². The molecule has 1 unspecified atom stereocenters. The number of aryl methyl sites for hydroxylation is 1. The first kappa shape index (κ1) is 20.2. The summed E-state index contributed by atoms with van der Waals surface area (Å²) < 4.78 is 5.34. The third-order valence-corrected chi connectivity index (χ3v) is 6.21. The Bertz CT molecular complexity index is 816. The second kappa shape index (κ2) is 9.64. The lowest BCUT2D eigenvalue weighted by molar-refractivity contribution is -0.141. The maximum atomic E-state index is 11.3. The van der Waals surface area contributed by atoms with Crippen LogP contribution in [0.25, 0.3) is 0 Å². The number of rotatable bonds is 7. The smallest absolute Gasteiger partial charge is 0.306 e. The maximum Gasteiger partial charge on any atom is 0.306 e. The summed E-state index contributed by atoms with van der Waals surface area (Å²) in [7, 11) is 0. The van der Waals surface area contributed by atoms with Crippen molar-refractivity contribution >= 4 is 23.3 Å². The SMILES string of the molecule is O=C1CCC(c2ccc(CCCCN3CCN(c4cccc(Cl)c4)CC3)cc2)O1. The molecule has 2 aliphatic rings. The second-order valence-corrected chi connectivity index (χ2v) is 8.46. The molecular weight excluding hydrogens is 384 g/mol. The lowest BCUT2D eigenvalue weighted by atomic mass is 10.0. The number of nitrogens with zero attached hydrogens (tertiary/aromatic N) is 2. The van der Waals surface area contributed by atoms with Gasteiger partial charge < -0.3 is 9.64 Å². The Labute approximate surface area is 178 Å². The van der Waals surface area contributed by atoms with Gasteiger partial charge in [-0.05, 0) is 61.6 Å². The summed E-state index contributed by atoms with van der Waals surface area (Å²) in [5, 5.41) is 0.808. The van der Waals surface area contributed by atoms with Crippen LogP contribution in [0.4, 0.5) is 5.69 Å². The molecular formula is C24H29ClN2O2. The van der Waals surface area contributed by atoms with E-state index in [2.05, 4.69) is 46.2 Å². The summed E-state index contributed by atoms with van der Waals surface area (Å²) in [5.41, 5.74) is 3.72. The Hall–Kier alpha value is -2.04. The van der Waals surface area contributed by atoms with Gasteiger partial charge in [0.1, 0.15) is 6.10 Å². The monoisotopic (exact) mass is 412 g/mol. The third kappa shape index (κ3) is 5.52. The molecule has 0 aromatic heterocycles. The number of hydrogen-bond acceptors (Lipinski definition) is 4. The van der Waals surface area contributed by atoms with E-state index in [1.807, 2.05) is 12.1 Å². The highest BCUT2D eigenvalue weighted by atomic mass is 35.5. The fourth-order valence-electron chi connectivity index (χ4n) is 4.23. The van der Waals surface area contributed by atoms with E-state index in [-0.39, 0.29) is 12.1 Å². The van der Waals surface area contributed by atoms with Gasteiger partial charge in [-0.1, -0.05) is 41.9 Å². The van der Waals surface area contributed by atoms with Crippen molar-refractivity contribution in [1.82, 2.24) is 4.90 Å². The molecule has 0 aliphatic carbocycles. The van der Waals surface area contributed by atoms with E-state index in [0.717, 1.165) is 49.6 Å². The fourth-order valence-corrected chi connectivity index (χ4v) is 4.41. The van der Waals surface area contributed by atoms with Gasteiger partial charge in [0, 0.05) is 43.3 Å². The van der Waals surface area contributed by atoms with Gasteiger partial charge in [0.25, 0.3) is 0 Å². The first-order valence-corrected chi connectivity index (χ1v) is 11.1. The summed E-state index contributed by atoms with van der Waals surface area (Å²) in [4.78, 5) is 16.3. The number of halogens is 1. The van der Waals surface area contributed by atoms with Crippen LogP contribution in [-0.2, 0) is 16.0 Å². The van der Waals surface area contributed by atoms with Crippen LogP contribution in [0.3, 0.4) is 0 Å². The Morgan fingerprint density at radius 3 is 2.48 bits per heavy atom. The molecule has 0 bridgehead atoms. The molecule has 2 aliphatic heterocycles. The van der Waals surface area contributed by atoms with Gasteiger partial charge in [-0.3, -0.25) is 9.69 Å². The first-order valence-electron chi connectivity index (χ1n) is 10.7. The average molecular weight is 413 g/mol. The molecule has 0 radical (unpaired) electrons. The lowest BCUT2D eigenvalue weighted by Crippen LogP contribution is -2.46. The molecule has 2 aromatic rings. The van der Waals surface area contributed by atoms with E-state index in [0.29, 0.717) is 6.42 Å². The second-order valence-electron chi connectivity index (χ2n) is 8.02. The summed E-state index contributed by atoms with van der Waals surface area (Å²) >= 11 is 6.12. The zero-order chi connectivity index (χ0) is 20.1. The van der Waals surface area contributed by atoms with Crippen molar-refractivity contribution in [3.8, 4) is 0 Å². The molecule has 5 heteroatoms. The lowest BCUT2D eigenvalue weighted by Gasteiger charge is -2.36. The summed E-state index contributed by atoms with van der Waals surface area (Å²) in [6, 6.07) is 16.8. The highest BCUT2D eigenvalue weighted by Gasteiger charge is 2.24. The minimum absolute atomic E-state index is 0.0397. The molecule has 2 aromatic carbocycles. The van der Waals surface area contributed by atoms with Gasteiger partial charge in [0.2, 0.25) is 0 Å². The van der Waals surface area contributed by atoms with Gasteiger partial charge in [0.15, 0.2) is 0 Å². The molecule has 2 fully saturated rings. The highest BCUT2D eigenvalue weighted by Crippen LogP contribution is 2.29. The molecule has 2 saturated heterocycles. The van der Waals surface area contributed by atoms with Gasteiger partial charge in [-0.15, -0.1) is 0 Å². The topological polar surface area (TPSA) is 32.8 Å². The van der Waals surface area contributed by atoms with Crippen molar-refractivity contribution in [1.29, 1.82) is 0 Å². The Balaban J connectivity index is 1.15. The molecule has 1 atom stereocenters. The summed E-state index contributed by atoms with van der Waals surface area (Å²) in [5.74, 6) is -0.0764. The van der Waals surface area contributed by atoms with E-state index in [9.17, 15) is 4.79 Å². The number of benzene rings is 2. The number of carbonyl (C=O) groups is 1. The van der Waals surface area contributed by atoms with E-state index >= 15 is 0 Å². The largest absolute Gasteiger partial charge is 0.457 e. The Kier molecular flexibility index (Phi) is 6.73. The minimum atomic E-state index is -0.0764. The summed E-state index contributed by atoms with van der Waals surface area (Å²) in [6.45, 7) is 5.52. The number of ether oxygens (including phenoxy) is 1. The van der Waals surface area contributed by atoms with Gasteiger partial charge in [-0.2, -0.15) is 0 Å². The number of anilines is 1. The van der Waals surface area contributed by atoms with E-state index in [1.54, 1.807) is 0 Å². The predicted octanol–water partition coefficient (Wildman–Crippen LogP) is 4.86. The molecule has 29 heavy (non-hydrogen) atoms. The summed E-state index contributed by atoms with van der Waals surface area (Å²) in [6.07, 6.45) is 4.84. The molecule has 4 nitrogen and oxygen atoms in total. The third-order valence-electron chi connectivity index (χ3n) is 5.97. The van der Waals surface area contributed by atoms with Gasteiger partial charge in [-0.25, -0.2) is 0 Å². The zero-order valence-corrected chi connectivity index (χ0v) is 17.6. The van der Waals surface area contributed by atoms with Gasteiger partial charge in [0.05, 0.1) is 0 Å². The van der Waals surface area contributed by atoms with Crippen LogP contribution in [-0.4, -0.2) is 43.6 Å². The average Bonchev–Trinajstić information content (AvgIpc) is 3.18. The number of esters is 1. The molecule has 0 amide bonds. The normalized spacial score (nSPS) is 20.1. The molecule has 0 spiro atoms. The molecule has 154 valence electrons. The van der Waals surface area contributed by atoms with Crippen LogP contribution in [0.5, 0.6) is 0 Å². The minimum Gasteiger partial charge on any atom is -0.457 e. The number of piperazine rings is 1. The molecule has 4 rings (SSSR count). The number of cyclic esters (lactones) is 1. The quantitative estimate of drug-likeness (QED) is 0.480. The fraction of sp³-hybridized carbons (Fsp3) is 0.458. The predicted molar refractivity (Wildman–Crippen MR) is 118 cm³/mol. The molecule has 2 heterocycles. The van der Waals surface area contributed by atoms with Crippen LogP contribution in [0.1, 0.15) is 42.9 Å². The first-order chi connectivity index (χ1) is 14.2. The van der Waals surface area contributed by atoms with Crippen molar-refractivity contribution in [3.63, 3.8) is 0 Å². The van der Waals surface area contributed by atoms with Crippen molar-refractivity contribution in [3.05, 3.63) is 64.7 Å². The van der Waals surface area contributed by atoms with Crippen LogP contribution in [0.2, 0.25) is 5.02 Å². The Morgan fingerprint density at radius 2 is 1.79 bits per heavy atom. The van der Waals surface area contributed by atoms with Gasteiger partial charge >= 0.3 is 5.97 Å². The molecule has 0 saturated carbocycles. The van der Waals surface area contributed by atoms with Crippen molar-refractivity contribution < 1.29 is 9.53 Å². The standard InChI is InChI=1S/C24H29ClN2O2/c25-21-5-3-6-22(18-21)27-16-14-26(15-17-27)13-2-1-4-19-7-9-20(10-8-19)23-11-12-24(28)29-23/h3,5-10,18,23H,1-2,4,11-17H2. The van der Waals surface area contributed by atoms with Crippen LogP contribution < -0.4 is 4.90 Å². The Morgan fingerprint density at radius 1 is 1.00 bits per heavy atom. The van der Waals surface area contributed by atoms with Crippen molar-refractivity contribution in [2.45, 2.75) is 38.2 Å². The number of carbonyl (C=O) groups excluding carboxylic acids is 1. The number of unbranched alkanes of at least 4 members (excludes halogenated alkanes) is 1. The number of hydrogen-bond donors (Lipinski definition) is 0. The maximum absolute atomic E-state index is 11.3. The zero-order valence-electron chi connectivity index (χ0n) is 16.9. The van der Waals surface area contributed by atoms with Crippen LogP contribution >= 0.6 is 11.6 Å². The van der Waals surface area contributed by atoms with E-state index < -0.39 is 0 Å². The van der Waals surface area contributed by atoms with E-state index in [4.69, 9.17) is 16.3 Å². The van der Waals surface area contributed by atoms with Crippen LogP contribution in [0.15, 0.2) is 48.5 Å².